The second-order valence-corrected chi connectivity index (χ2v) is 3.74. The predicted molar refractivity (Wildman–Crippen MR) is 69.4 cm³/mol. The Hall–Kier alpha value is -2.31. The summed E-state index contributed by atoms with van der Waals surface area (Å²) < 4.78 is 9.58. The van der Waals surface area contributed by atoms with Crippen molar-refractivity contribution in [2.75, 3.05) is 19.5 Å². The Morgan fingerprint density at radius 3 is 2.63 bits per heavy atom. The lowest BCUT2D eigenvalue weighted by Gasteiger charge is -2.16. The number of carbonyl (C=O) groups is 1. The summed E-state index contributed by atoms with van der Waals surface area (Å²) in [4.78, 5) is 22.0. The third-order valence-corrected chi connectivity index (χ3v) is 2.63. The molecular weight excluding hydrogens is 252 g/mol. The molecule has 0 aliphatic heterocycles. The lowest BCUT2D eigenvalue weighted by atomic mass is 10.2. The van der Waals surface area contributed by atoms with E-state index in [1.54, 1.807) is 13.0 Å². The Morgan fingerprint density at radius 2 is 2.16 bits per heavy atom. The van der Waals surface area contributed by atoms with Crippen LogP contribution in [-0.4, -0.2) is 31.2 Å². The topological polar surface area (TPSA) is 90.7 Å². The zero-order valence-corrected chi connectivity index (χ0v) is 11.0. The number of ether oxygens (including phenoxy) is 2. The molecule has 0 saturated heterocycles. The number of methoxy groups -OCH3 is 2. The van der Waals surface area contributed by atoms with Crippen LogP contribution in [0.25, 0.3) is 0 Å². The molecular formula is C12H16N2O5. The van der Waals surface area contributed by atoms with Crippen LogP contribution in [0.5, 0.6) is 5.75 Å². The van der Waals surface area contributed by atoms with Gasteiger partial charge in [0.25, 0.3) is 0 Å². The quantitative estimate of drug-likeness (QED) is 0.482. The summed E-state index contributed by atoms with van der Waals surface area (Å²) in [6.45, 7) is 1.78. The molecule has 0 aliphatic rings. The first-order valence-electron chi connectivity index (χ1n) is 5.70. The van der Waals surface area contributed by atoms with Gasteiger partial charge in [-0.2, -0.15) is 0 Å². The molecule has 1 rings (SSSR count). The second-order valence-electron chi connectivity index (χ2n) is 3.74. The van der Waals surface area contributed by atoms with Crippen molar-refractivity contribution in [3.8, 4) is 5.75 Å². The smallest absolute Gasteiger partial charge is 0.333 e. The van der Waals surface area contributed by atoms with Crippen LogP contribution in [0.1, 0.15) is 13.3 Å². The van der Waals surface area contributed by atoms with Gasteiger partial charge in [0, 0.05) is 0 Å². The van der Waals surface area contributed by atoms with Crippen molar-refractivity contribution < 1.29 is 19.2 Å². The highest BCUT2D eigenvalue weighted by Gasteiger charge is 2.24. The van der Waals surface area contributed by atoms with Gasteiger partial charge in [-0.3, -0.25) is 10.1 Å². The summed E-state index contributed by atoms with van der Waals surface area (Å²) in [5, 5.41) is 13.9. The molecule has 0 saturated carbocycles. The van der Waals surface area contributed by atoms with Gasteiger partial charge in [-0.25, -0.2) is 4.79 Å². The van der Waals surface area contributed by atoms with Crippen LogP contribution in [0.2, 0.25) is 0 Å². The van der Waals surface area contributed by atoms with E-state index in [9.17, 15) is 14.9 Å². The van der Waals surface area contributed by atoms with E-state index in [1.165, 1.54) is 26.4 Å². The lowest BCUT2D eigenvalue weighted by Crippen LogP contribution is -2.30. The van der Waals surface area contributed by atoms with Crippen LogP contribution in [0.15, 0.2) is 18.2 Å². The van der Waals surface area contributed by atoms with Crippen molar-refractivity contribution in [1.29, 1.82) is 0 Å². The molecule has 0 bridgehead atoms. The molecule has 0 heterocycles. The van der Waals surface area contributed by atoms with Gasteiger partial charge < -0.3 is 14.8 Å². The number of hydrogen-bond acceptors (Lipinski definition) is 6. The molecule has 0 radical (unpaired) electrons. The Balaban J connectivity index is 3.12. The number of carbonyl (C=O) groups excluding carboxylic acids is 1. The summed E-state index contributed by atoms with van der Waals surface area (Å²) in [6, 6.07) is 3.98. The van der Waals surface area contributed by atoms with Gasteiger partial charge in [0.2, 0.25) is 0 Å². The molecule has 1 aromatic carbocycles. The number of nitrogens with one attached hydrogen (secondary N) is 1. The third kappa shape index (κ3) is 3.34. The van der Waals surface area contributed by atoms with Gasteiger partial charge in [0.1, 0.15) is 11.7 Å². The molecule has 1 N–H and O–H groups in total. The van der Waals surface area contributed by atoms with Gasteiger partial charge in [-0.05, 0) is 18.6 Å². The van der Waals surface area contributed by atoms with E-state index in [0.717, 1.165) is 0 Å². The van der Waals surface area contributed by atoms with Crippen molar-refractivity contribution in [3.05, 3.63) is 28.3 Å². The number of hydrogen-bond donors (Lipinski definition) is 1. The van der Waals surface area contributed by atoms with E-state index in [-0.39, 0.29) is 17.1 Å². The van der Waals surface area contributed by atoms with Crippen molar-refractivity contribution >= 4 is 17.3 Å². The maximum atomic E-state index is 11.5. The number of para-hydroxylation sites is 1. The van der Waals surface area contributed by atoms with Crippen LogP contribution in [0, 0.1) is 10.1 Å². The maximum Gasteiger partial charge on any atom is 0.333 e. The number of esters is 1. The summed E-state index contributed by atoms with van der Waals surface area (Å²) in [5.74, 6) is -0.339. The predicted octanol–water partition coefficient (Wildman–Crippen LogP) is 1.97. The highest BCUT2D eigenvalue weighted by Crippen LogP contribution is 2.34. The molecule has 0 fully saturated rings. The first kappa shape index (κ1) is 14.7. The van der Waals surface area contributed by atoms with Crippen molar-refractivity contribution in [3.63, 3.8) is 0 Å². The summed E-state index contributed by atoms with van der Waals surface area (Å²) >= 11 is 0. The Kier molecular flexibility index (Phi) is 5.11. The van der Waals surface area contributed by atoms with E-state index in [4.69, 9.17) is 4.74 Å². The summed E-state index contributed by atoms with van der Waals surface area (Å²) in [7, 11) is 2.62. The van der Waals surface area contributed by atoms with Gasteiger partial charge in [0.05, 0.1) is 19.1 Å². The number of rotatable bonds is 6. The number of nitrogens with zero attached hydrogens (tertiary/aromatic N) is 1. The zero-order valence-electron chi connectivity index (χ0n) is 11.0. The van der Waals surface area contributed by atoms with E-state index in [1.807, 2.05) is 0 Å². The molecule has 0 amide bonds. The minimum absolute atomic E-state index is 0.134. The first-order valence-corrected chi connectivity index (χ1v) is 5.70. The summed E-state index contributed by atoms with van der Waals surface area (Å²) in [6.07, 6.45) is 0.445. The van der Waals surface area contributed by atoms with Gasteiger partial charge >= 0.3 is 11.7 Å². The highest BCUT2D eigenvalue weighted by atomic mass is 16.6. The van der Waals surface area contributed by atoms with E-state index in [2.05, 4.69) is 10.1 Å². The number of anilines is 1. The molecule has 1 aromatic rings. The molecule has 0 spiro atoms. The van der Waals surface area contributed by atoms with Crippen LogP contribution >= 0.6 is 0 Å². The molecule has 1 unspecified atom stereocenters. The monoisotopic (exact) mass is 268 g/mol. The Morgan fingerprint density at radius 1 is 1.47 bits per heavy atom. The number of benzene rings is 1. The van der Waals surface area contributed by atoms with Crippen LogP contribution in [-0.2, 0) is 9.53 Å². The standard InChI is InChI=1S/C12H16N2O5/c1-4-8(12(15)19-3)13-9-6-5-7-10(18-2)11(9)14(16)17/h5-8,13H,4H2,1-3H3. The fraction of sp³-hybridized carbons (Fsp3) is 0.417. The van der Waals surface area contributed by atoms with Gasteiger partial charge in [0.15, 0.2) is 5.75 Å². The molecule has 0 aliphatic carbocycles. The van der Waals surface area contributed by atoms with E-state index < -0.39 is 16.9 Å². The highest BCUT2D eigenvalue weighted by molar-refractivity contribution is 5.81. The van der Waals surface area contributed by atoms with Crippen LogP contribution in [0.4, 0.5) is 11.4 Å². The Bertz CT molecular complexity index is 475. The minimum atomic E-state index is -0.643. The second kappa shape index (κ2) is 6.58. The summed E-state index contributed by atoms with van der Waals surface area (Å²) in [5.41, 5.74) is 0.0222. The molecule has 0 aromatic heterocycles. The molecule has 19 heavy (non-hydrogen) atoms. The molecule has 104 valence electrons. The minimum Gasteiger partial charge on any atom is -0.490 e. The normalized spacial score (nSPS) is 11.5. The van der Waals surface area contributed by atoms with Gasteiger partial charge in [-0.15, -0.1) is 0 Å². The van der Waals surface area contributed by atoms with Crippen molar-refractivity contribution in [2.45, 2.75) is 19.4 Å². The van der Waals surface area contributed by atoms with E-state index in [0.29, 0.717) is 6.42 Å². The zero-order chi connectivity index (χ0) is 14.4. The number of nitro benzene ring substituents is 1. The van der Waals surface area contributed by atoms with Gasteiger partial charge in [-0.1, -0.05) is 13.0 Å². The number of nitro groups is 1. The largest absolute Gasteiger partial charge is 0.490 e. The molecule has 1 atom stereocenters. The molecule has 7 nitrogen and oxygen atoms in total. The first-order chi connectivity index (χ1) is 9.04. The SMILES string of the molecule is CCC(Nc1cccc(OC)c1[N+](=O)[O-])C(=O)OC. The fourth-order valence-corrected chi connectivity index (χ4v) is 1.65. The van der Waals surface area contributed by atoms with Crippen LogP contribution in [0.3, 0.4) is 0 Å². The maximum absolute atomic E-state index is 11.5. The van der Waals surface area contributed by atoms with E-state index >= 15 is 0 Å². The van der Waals surface area contributed by atoms with Crippen LogP contribution < -0.4 is 10.1 Å². The Labute approximate surface area is 110 Å². The van der Waals surface area contributed by atoms with Crippen molar-refractivity contribution in [2.24, 2.45) is 0 Å². The average molecular weight is 268 g/mol. The average Bonchev–Trinajstić information content (AvgIpc) is 2.42. The molecule has 7 heteroatoms. The van der Waals surface area contributed by atoms with Crippen molar-refractivity contribution in [1.82, 2.24) is 0 Å². The fourth-order valence-electron chi connectivity index (χ4n) is 1.65. The lowest BCUT2D eigenvalue weighted by molar-refractivity contribution is -0.384. The third-order valence-electron chi connectivity index (χ3n) is 2.63.